The lowest BCUT2D eigenvalue weighted by Crippen LogP contribution is -2.43. The topological polar surface area (TPSA) is 83.5 Å². The highest BCUT2D eigenvalue weighted by Gasteiger charge is 2.20. The molecule has 0 rings (SSSR count). The minimum Gasteiger partial charge on any atom is -0.481 e. The molecule has 1 amide bonds. The second-order valence-electron chi connectivity index (χ2n) is 4.15. The second-order valence-corrected chi connectivity index (χ2v) is 4.15. The molecule has 0 aliphatic rings. The van der Waals surface area contributed by atoms with Crippen LogP contribution in [0.2, 0.25) is 0 Å². The van der Waals surface area contributed by atoms with Gasteiger partial charge in [0.25, 0.3) is 0 Å². The minimum absolute atomic E-state index is 0.0279. The Morgan fingerprint density at radius 1 is 1.19 bits per heavy atom. The number of hydrogen-bond donors (Lipinski definition) is 2. The zero-order chi connectivity index (χ0) is 12.7. The van der Waals surface area contributed by atoms with Crippen molar-refractivity contribution in [3.8, 4) is 0 Å². The van der Waals surface area contributed by atoms with Crippen molar-refractivity contribution in [3.05, 3.63) is 0 Å². The molecule has 2 N–H and O–H groups in total. The van der Waals surface area contributed by atoms with E-state index >= 15 is 0 Å². The monoisotopic (exact) mass is 229 g/mol. The fourth-order valence-corrected chi connectivity index (χ4v) is 1.38. The van der Waals surface area contributed by atoms with E-state index in [1.54, 1.807) is 0 Å². The molecule has 16 heavy (non-hydrogen) atoms. The van der Waals surface area contributed by atoms with Crippen LogP contribution in [0.1, 0.15) is 40.0 Å². The van der Waals surface area contributed by atoms with Crippen molar-refractivity contribution in [2.75, 3.05) is 0 Å². The number of nitrogens with one attached hydrogen (secondary N) is 1. The number of carboxylic acids is 1. The molecule has 0 radical (unpaired) electrons. The first-order valence-corrected chi connectivity index (χ1v) is 5.36. The fraction of sp³-hybridized carbons (Fsp3) is 0.727. The Morgan fingerprint density at radius 3 is 2.12 bits per heavy atom. The van der Waals surface area contributed by atoms with Gasteiger partial charge in [0.05, 0.1) is 6.04 Å². The molecule has 0 heterocycles. The summed E-state index contributed by atoms with van der Waals surface area (Å²) >= 11 is 0. The Hall–Kier alpha value is -1.39. The van der Waals surface area contributed by atoms with Gasteiger partial charge in [0.2, 0.25) is 5.91 Å². The van der Waals surface area contributed by atoms with Crippen LogP contribution in [0.15, 0.2) is 0 Å². The number of ketones is 1. The minimum atomic E-state index is -0.917. The van der Waals surface area contributed by atoms with Crippen LogP contribution in [0.4, 0.5) is 0 Å². The highest BCUT2D eigenvalue weighted by Crippen LogP contribution is 2.04. The van der Waals surface area contributed by atoms with Crippen molar-refractivity contribution < 1.29 is 19.5 Å². The predicted molar refractivity (Wildman–Crippen MR) is 58.9 cm³/mol. The van der Waals surface area contributed by atoms with Crippen LogP contribution >= 0.6 is 0 Å². The lowest BCUT2D eigenvalue weighted by Gasteiger charge is -2.19. The van der Waals surface area contributed by atoms with E-state index in [0.29, 0.717) is 6.42 Å². The van der Waals surface area contributed by atoms with Gasteiger partial charge < -0.3 is 10.4 Å². The summed E-state index contributed by atoms with van der Waals surface area (Å²) in [5.41, 5.74) is 0. The van der Waals surface area contributed by atoms with Gasteiger partial charge in [0, 0.05) is 12.8 Å². The molecular formula is C11H19NO4. The summed E-state index contributed by atoms with van der Waals surface area (Å²) in [6.07, 6.45) is 0.409. The third-order valence-corrected chi connectivity index (χ3v) is 2.22. The van der Waals surface area contributed by atoms with Crippen LogP contribution < -0.4 is 5.32 Å². The SMILES string of the molecule is CC(=O)[C@@H](NC(=O)CCCC(=O)O)C(C)C. The fourth-order valence-electron chi connectivity index (χ4n) is 1.38. The molecule has 0 aromatic heterocycles. The molecule has 92 valence electrons. The van der Waals surface area contributed by atoms with E-state index in [1.165, 1.54) is 6.92 Å². The summed E-state index contributed by atoms with van der Waals surface area (Å²) in [6, 6.07) is -0.475. The van der Waals surface area contributed by atoms with Crippen LogP contribution in [-0.4, -0.2) is 28.8 Å². The molecule has 0 saturated heterocycles. The Balaban J connectivity index is 4.01. The van der Waals surface area contributed by atoms with E-state index in [0.717, 1.165) is 0 Å². The zero-order valence-corrected chi connectivity index (χ0v) is 9.95. The van der Waals surface area contributed by atoms with Crippen molar-refractivity contribution in [2.45, 2.75) is 46.1 Å². The summed E-state index contributed by atoms with van der Waals surface area (Å²) in [4.78, 5) is 32.8. The van der Waals surface area contributed by atoms with Crippen molar-refractivity contribution in [3.63, 3.8) is 0 Å². The predicted octanol–water partition coefficient (Wildman–Crippen LogP) is 0.971. The van der Waals surface area contributed by atoms with Crippen LogP contribution in [0.5, 0.6) is 0 Å². The summed E-state index contributed by atoms with van der Waals surface area (Å²) in [6.45, 7) is 5.13. The van der Waals surface area contributed by atoms with Gasteiger partial charge in [-0.2, -0.15) is 0 Å². The standard InChI is InChI=1S/C11H19NO4/c1-7(2)11(8(3)13)12-9(14)5-4-6-10(15)16/h7,11H,4-6H2,1-3H3,(H,12,14)(H,15,16)/t11-/m0/s1. The number of carbonyl (C=O) groups excluding carboxylic acids is 2. The van der Waals surface area contributed by atoms with Gasteiger partial charge in [0.1, 0.15) is 0 Å². The first-order valence-electron chi connectivity index (χ1n) is 5.36. The number of hydrogen-bond acceptors (Lipinski definition) is 3. The maximum Gasteiger partial charge on any atom is 0.303 e. The van der Waals surface area contributed by atoms with Gasteiger partial charge >= 0.3 is 5.97 Å². The molecule has 5 heteroatoms. The van der Waals surface area contributed by atoms with Gasteiger partial charge in [-0.15, -0.1) is 0 Å². The largest absolute Gasteiger partial charge is 0.481 e. The molecule has 1 atom stereocenters. The number of carbonyl (C=O) groups is 3. The Labute approximate surface area is 95.2 Å². The van der Waals surface area contributed by atoms with E-state index in [4.69, 9.17) is 5.11 Å². The molecule has 0 fully saturated rings. The van der Waals surface area contributed by atoms with Gasteiger partial charge in [-0.3, -0.25) is 14.4 Å². The molecule has 0 aliphatic carbocycles. The van der Waals surface area contributed by atoms with Crippen molar-refractivity contribution in [1.82, 2.24) is 5.32 Å². The molecule has 0 aromatic carbocycles. The van der Waals surface area contributed by atoms with Crippen molar-refractivity contribution in [1.29, 1.82) is 0 Å². The quantitative estimate of drug-likeness (QED) is 0.681. The number of aliphatic carboxylic acids is 1. The molecule has 0 aromatic rings. The molecule has 0 aliphatic heterocycles. The molecule has 5 nitrogen and oxygen atoms in total. The van der Waals surface area contributed by atoms with Gasteiger partial charge in [-0.05, 0) is 19.3 Å². The van der Waals surface area contributed by atoms with Crippen LogP contribution in [0.25, 0.3) is 0 Å². The van der Waals surface area contributed by atoms with E-state index in [9.17, 15) is 14.4 Å². The van der Waals surface area contributed by atoms with Gasteiger partial charge in [-0.1, -0.05) is 13.8 Å². The number of carboxylic acid groups (broad SMARTS) is 1. The lowest BCUT2D eigenvalue weighted by molar-refractivity contribution is -0.137. The van der Waals surface area contributed by atoms with E-state index in [-0.39, 0.29) is 30.4 Å². The highest BCUT2D eigenvalue weighted by molar-refractivity contribution is 5.87. The van der Waals surface area contributed by atoms with Crippen LogP contribution in [0.3, 0.4) is 0 Å². The summed E-state index contributed by atoms with van der Waals surface area (Å²) in [7, 11) is 0. The maximum absolute atomic E-state index is 11.4. The molecule has 0 bridgehead atoms. The molecule has 0 saturated carbocycles. The summed E-state index contributed by atoms with van der Waals surface area (Å²) in [5, 5.41) is 11.0. The first kappa shape index (κ1) is 14.6. The Morgan fingerprint density at radius 2 is 1.75 bits per heavy atom. The van der Waals surface area contributed by atoms with E-state index in [1.807, 2.05) is 13.8 Å². The smallest absolute Gasteiger partial charge is 0.303 e. The maximum atomic E-state index is 11.4. The van der Waals surface area contributed by atoms with Crippen LogP contribution in [0, 0.1) is 5.92 Å². The van der Waals surface area contributed by atoms with E-state index < -0.39 is 12.0 Å². The zero-order valence-electron chi connectivity index (χ0n) is 9.95. The molecule has 0 spiro atoms. The number of rotatable bonds is 7. The van der Waals surface area contributed by atoms with E-state index in [2.05, 4.69) is 5.32 Å². The van der Waals surface area contributed by atoms with Gasteiger partial charge in [-0.25, -0.2) is 0 Å². The summed E-state index contributed by atoms with van der Waals surface area (Å²) in [5.74, 6) is -1.22. The Bertz CT molecular complexity index is 273. The molecule has 0 unspecified atom stereocenters. The summed E-state index contributed by atoms with van der Waals surface area (Å²) < 4.78 is 0. The lowest BCUT2D eigenvalue weighted by atomic mass is 10.0. The normalized spacial score (nSPS) is 12.2. The number of amides is 1. The first-order chi connectivity index (χ1) is 7.34. The average molecular weight is 229 g/mol. The van der Waals surface area contributed by atoms with Gasteiger partial charge in [0.15, 0.2) is 5.78 Å². The Kier molecular flexibility index (Phi) is 6.37. The number of Topliss-reactive ketones (excluding diaryl/α,β-unsaturated/α-hetero) is 1. The third kappa shape index (κ3) is 6.16. The highest BCUT2D eigenvalue weighted by atomic mass is 16.4. The third-order valence-electron chi connectivity index (χ3n) is 2.22. The average Bonchev–Trinajstić information content (AvgIpc) is 2.12. The van der Waals surface area contributed by atoms with Crippen molar-refractivity contribution >= 4 is 17.7 Å². The van der Waals surface area contributed by atoms with Crippen LogP contribution in [-0.2, 0) is 14.4 Å². The second kappa shape index (κ2) is 6.98. The van der Waals surface area contributed by atoms with Crippen molar-refractivity contribution in [2.24, 2.45) is 5.92 Å². The molecular weight excluding hydrogens is 210 g/mol.